The number of rotatable bonds is 4. The van der Waals surface area contributed by atoms with Gasteiger partial charge in [0.25, 0.3) is 104 Å². The molecular formula is C80H92N20O26. The molecule has 0 radical (unpaired) electrons. The first-order valence-electron chi connectivity index (χ1n) is 39.2. The van der Waals surface area contributed by atoms with Gasteiger partial charge in [0.2, 0.25) is 0 Å². The zero-order chi connectivity index (χ0) is 92.2. The first-order chi connectivity index (χ1) is 59.8. The largest absolute Gasteiger partial charge is 0.425 e. The van der Waals surface area contributed by atoms with Crippen LogP contribution in [0.4, 0.5) is 0 Å². The maximum atomic E-state index is 13.8. The summed E-state index contributed by atoms with van der Waals surface area (Å²) in [4.78, 5) is 240. The number of pyridine rings is 8. The first kappa shape index (κ1) is 93.6. The molecule has 0 aromatic carbocycles. The highest BCUT2D eigenvalue weighted by molar-refractivity contribution is 6.00. The zero-order valence-corrected chi connectivity index (χ0v) is 68.3. The number of nitrogens with zero attached hydrogens (tertiary/aromatic N) is 12. The van der Waals surface area contributed by atoms with Gasteiger partial charge in [-0.1, -0.05) is 37.4 Å². The van der Waals surface area contributed by atoms with E-state index in [4.69, 9.17) is 0 Å². The highest BCUT2D eigenvalue weighted by atomic mass is 16.5. The van der Waals surface area contributed by atoms with Crippen molar-refractivity contribution in [3.05, 3.63) is 285 Å². The third-order valence-corrected chi connectivity index (χ3v) is 20.2. The predicted molar refractivity (Wildman–Crippen MR) is 440 cm³/mol. The van der Waals surface area contributed by atoms with Crippen molar-refractivity contribution in [3.63, 3.8) is 0 Å². The number of fused-ring (bicyclic) bond motifs is 4. The van der Waals surface area contributed by atoms with Crippen LogP contribution in [0.3, 0.4) is 0 Å². The van der Waals surface area contributed by atoms with Gasteiger partial charge in [-0.15, -0.1) is 37.8 Å². The fraction of sp³-hybridized carbons (Fsp3) is 0.325. The number of aromatic nitrogens is 8. The maximum absolute atomic E-state index is 13.8. The second-order valence-corrected chi connectivity index (χ2v) is 28.9. The van der Waals surface area contributed by atoms with E-state index in [2.05, 4.69) is 55.7 Å². The zero-order valence-electron chi connectivity index (χ0n) is 68.3. The van der Waals surface area contributed by atoms with Crippen LogP contribution >= 0.6 is 0 Å². The van der Waals surface area contributed by atoms with E-state index in [1.165, 1.54) is 94.1 Å². The Morgan fingerprint density at radius 1 is 0.294 bits per heavy atom. The van der Waals surface area contributed by atoms with Gasteiger partial charge < -0.3 is 104 Å². The molecule has 6 aliphatic heterocycles. The Morgan fingerprint density at radius 2 is 0.571 bits per heavy atom. The van der Waals surface area contributed by atoms with Crippen molar-refractivity contribution in [1.82, 2.24) is 100.0 Å². The van der Waals surface area contributed by atoms with Crippen molar-refractivity contribution in [1.29, 1.82) is 0 Å². The summed E-state index contributed by atoms with van der Waals surface area (Å²) in [5.41, 5.74) is -13.0. The van der Waals surface area contributed by atoms with E-state index < -0.39 is 162 Å². The Kier molecular flexibility index (Phi) is 31.1. The number of amides is 10. The molecule has 0 spiro atoms. The molecule has 46 heteroatoms. The lowest BCUT2D eigenvalue weighted by atomic mass is 10.1. The molecule has 0 saturated heterocycles. The molecule has 0 saturated carbocycles. The first-order valence-corrected chi connectivity index (χ1v) is 39.2. The molecule has 8 aromatic rings. The molecule has 8 bridgehead atoms. The summed E-state index contributed by atoms with van der Waals surface area (Å²) in [6.45, 7) is 13.8. The normalized spacial score (nSPS) is 17.7. The van der Waals surface area contributed by atoms with Crippen molar-refractivity contribution >= 4 is 70.5 Å². The molecule has 10 amide bonds. The van der Waals surface area contributed by atoms with Crippen LogP contribution in [0.2, 0.25) is 0 Å². The van der Waals surface area contributed by atoms with Gasteiger partial charge in [-0.3, -0.25) is 86.3 Å². The Hall–Kier alpha value is -16.2. The summed E-state index contributed by atoms with van der Waals surface area (Å²) in [7, 11) is 0. The van der Waals surface area contributed by atoms with Gasteiger partial charge in [0.05, 0.1) is 23.6 Å². The molecule has 46 nitrogen and oxygen atoms in total. The number of carbonyl (C=O) groups excluding carboxylic acids is 10. The van der Waals surface area contributed by atoms with Crippen LogP contribution in [0.5, 0.6) is 0 Å². The highest BCUT2D eigenvalue weighted by Crippen LogP contribution is 2.19. The highest BCUT2D eigenvalue weighted by Gasteiger charge is 2.32. The van der Waals surface area contributed by atoms with E-state index in [9.17, 15) is 128 Å². The monoisotopic (exact) mass is 1750 g/mol. The lowest BCUT2D eigenvalue weighted by Crippen LogP contribution is -2.48. The van der Waals surface area contributed by atoms with Crippen LogP contribution in [0.25, 0.3) is 11.4 Å². The predicted octanol–water partition coefficient (Wildman–Crippen LogP) is -1.35. The minimum Gasteiger partial charge on any atom is -0.425 e. The lowest BCUT2D eigenvalue weighted by molar-refractivity contribution is 0.0597. The van der Waals surface area contributed by atoms with Crippen LogP contribution in [0.1, 0.15) is 195 Å². The van der Waals surface area contributed by atoms with E-state index in [0.717, 1.165) is 60.7 Å². The van der Waals surface area contributed by atoms with Gasteiger partial charge in [-0.25, -0.2) is 0 Å². The molecule has 126 heavy (non-hydrogen) atoms. The third-order valence-electron chi connectivity index (χ3n) is 20.2. The summed E-state index contributed by atoms with van der Waals surface area (Å²) >= 11 is 0. The lowest BCUT2D eigenvalue weighted by Gasteiger charge is -2.31. The van der Waals surface area contributed by atoms with Crippen LogP contribution in [0, 0.1) is 0 Å². The van der Waals surface area contributed by atoms with Gasteiger partial charge in [-0.05, 0) is 152 Å². The number of hydrogen-bond acceptors (Lipinski definition) is 28. The molecule has 4 atom stereocenters. The molecule has 6 aliphatic rings. The Balaban J connectivity index is 0.000000285. The standard InChI is InChI=1S/2C40H46N10O13/c1-23-9-6-20-45(39(58)30-10-4-12-32(51)47(30)60)21-7-18-41-24(2)28-16-14-26(37(56)49(28)62)34(53)43-25(3)44-35(54)27-15-17-29(50(63)38(27)57)36(55)42-19-8-22-46(23)40(59)31-11-5-13-33(52)48(31)61;1-23-9-6-20-45(39(58)30-10-4-12-32(51)47(30)60)21-7-18-41-24(2)26-14-16-28(49(62)37(26)56)35(54)43-25(3)44-36(55)29-17-15-27(38(57)50(29)63)34(53)42-19-8-22-46(23)40(59)31-11-5-13-33(52)48(31)61/h4-5,10-17,23,25,41,60-63H,2,6-9,18-22H2,1,3H3,(H,42,55)(H,43,53)(H,44,54);4-5,10-17,23,25,41,60-63H,2,6-9,18-22H2,1,3H3,(H,42,53)(H,43,54)(H,44,55). The minimum atomic E-state index is -1.28. The molecule has 668 valence electrons. The van der Waals surface area contributed by atoms with Gasteiger partial charge in [0.1, 0.15) is 62.2 Å². The Labute approximate surface area is 711 Å². The number of nitrogens with one attached hydrogen (secondary N) is 8. The van der Waals surface area contributed by atoms with Crippen LogP contribution in [-0.4, -0.2) is 248 Å². The SMILES string of the molecule is C=C1NCCCN(C(=O)c2cccc(=O)n2O)CCCC(C)N(C(=O)c2cccc(=O)n2O)CCCNC(=O)c2ccc(c(=O)n2O)C(=O)NC(C)NC(=O)c2ccc1n(O)c2=O.C=C1NCCCN(C(=O)c2cccc(=O)n2O)CCCC(C)N(C(=O)c2cccc(=O)n2O)CCCNC(=O)c2ccc(n(O)c2=O)C(=O)NC(C)NC(=O)c2ccc1c(=O)n2O. The fourth-order valence-corrected chi connectivity index (χ4v) is 13.4. The minimum absolute atomic E-state index is 0.0427. The van der Waals surface area contributed by atoms with E-state index in [1.54, 1.807) is 13.8 Å². The number of carbonyl (C=O) groups is 10. The Morgan fingerprint density at radius 3 is 0.952 bits per heavy atom. The summed E-state index contributed by atoms with van der Waals surface area (Å²) in [5, 5.41) is 104. The van der Waals surface area contributed by atoms with Crippen molar-refractivity contribution in [2.24, 2.45) is 0 Å². The second kappa shape index (κ2) is 41.8. The smallest absolute Gasteiger partial charge is 0.296 e. The average molecular weight is 1750 g/mol. The molecule has 0 aliphatic carbocycles. The Bertz CT molecular complexity index is 6100. The fourth-order valence-electron chi connectivity index (χ4n) is 13.4. The molecule has 0 fully saturated rings. The topological polar surface area (TPSA) is 618 Å². The molecule has 4 unspecified atom stereocenters. The van der Waals surface area contributed by atoms with Gasteiger partial charge in [-0.2, -0.15) is 0 Å². The molecule has 14 rings (SSSR count). The van der Waals surface area contributed by atoms with Gasteiger partial charge >= 0.3 is 0 Å². The molecule has 16 N–H and O–H groups in total. The van der Waals surface area contributed by atoms with Crippen molar-refractivity contribution in [2.75, 3.05) is 65.4 Å². The molecule has 8 aromatic heterocycles. The molecular weight excluding hydrogens is 1660 g/mol. The van der Waals surface area contributed by atoms with E-state index >= 15 is 0 Å². The van der Waals surface area contributed by atoms with Crippen LogP contribution in [-0.2, 0) is 0 Å². The number of hydrogen-bond donors (Lipinski definition) is 16. The van der Waals surface area contributed by atoms with E-state index in [1.807, 2.05) is 0 Å². The van der Waals surface area contributed by atoms with E-state index in [0.29, 0.717) is 0 Å². The maximum Gasteiger partial charge on any atom is 0.296 e. The molecule has 14 heterocycles. The average Bonchev–Trinajstić information content (AvgIpc) is 0.814. The summed E-state index contributed by atoms with van der Waals surface area (Å²) in [6.07, 6.45) is -0.833. The summed E-state index contributed by atoms with van der Waals surface area (Å²) < 4.78 is 0.985. The van der Waals surface area contributed by atoms with E-state index in [-0.39, 0.29) is 200 Å². The second-order valence-electron chi connectivity index (χ2n) is 28.9. The van der Waals surface area contributed by atoms with Gasteiger partial charge in [0, 0.05) is 107 Å². The summed E-state index contributed by atoms with van der Waals surface area (Å²) in [6, 6.07) is 21.8. The van der Waals surface area contributed by atoms with Crippen molar-refractivity contribution in [3.8, 4) is 0 Å². The van der Waals surface area contributed by atoms with Crippen LogP contribution < -0.4 is 87.0 Å². The quantitative estimate of drug-likeness (QED) is 0.0906. The summed E-state index contributed by atoms with van der Waals surface area (Å²) in [5.74, 6) is -8.89. The van der Waals surface area contributed by atoms with Crippen molar-refractivity contribution < 1.29 is 89.6 Å². The van der Waals surface area contributed by atoms with Crippen LogP contribution in [0.15, 0.2) is 173 Å². The third kappa shape index (κ3) is 22.1. The van der Waals surface area contributed by atoms with Gasteiger partial charge in [0.15, 0.2) is 0 Å². The van der Waals surface area contributed by atoms with Crippen molar-refractivity contribution in [2.45, 2.75) is 103 Å².